The first kappa shape index (κ1) is 15.1. The van der Waals surface area contributed by atoms with Crippen LogP contribution in [0.1, 0.15) is 19.3 Å². The molecule has 2 N–H and O–H groups in total. The molecule has 108 valence electrons. The van der Waals surface area contributed by atoms with E-state index < -0.39 is 0 Å². The van der Waals surface area contributed by atoms with E-state index in [4.69, 9.17) is 16.3 Å². The summed E-state index contributed by atoms with van der Waals surface area (Å²) >= 11 is 9.41. The second kappa shape index (κ2) is 6.95. The molecular formula is C13H14BrClN2O3. The smallest absolute Gasteiger partial charge is 0.262 e. The molecule has 7 heteroatoms. The largest absolute Gasteiger partial charge is 0.482 e. The van der Waals surface area contributed by atoms with Gasteiger partial charge in [-0.1, -0.05) is 27.5 Å². The van der Waals surface area contributed by atoms with Crippen molar-refractivity contribution in [3.63, 3.8) is 0 Å². The quantitative estimate of drug-likeness (QED) is 0.625. The van der Waals surface area contributed by atoms with Crippen molar-refractivity contribution in [3.05, 3.63) is 17.2 Å². The molecule has 1 aliphatic heterocycles. The number of fused-ring (bicyclic) bond motifs is 1. The number of ether oxygens (including phenoxy) is 1. The molecule has 0 spiro atoms. The highest BCUT2D eigenvalue weighted by Gasteiger charge is 2.18. The highest BCUT2D eigenvalue weighted by molar-refractivity contribution is 9.09. The molecule has 0 atom stereocenters. The number of amides is 2. The summed E-state index contributed by atoms with van der Waals surface area (Å²) in [5.41, 5.74) is 1.01. The van der Waals surface area contributed by atoms with Crippen LogP contribution in [0, 0.1) is 0 Å². The van der Waals surface area contributed by atoms with E-state index in [-0.39, 0.29) is 18.4 Å². The minimum absolute atomic E-state index is 0.0345. The second-order valence-electron chi connectivity index (χ2n) is 4.36. The SMILES string of the molecule is O=C(CCCCBr)Nc1cc2c(cc1Cl)NC(=O)CO2. The molecule has 1 aromatic carbocycles. The first-order chi connectivity index (χ1) is 9.60. The molecule has 5 nitrogen and oxygen atoms in total. The number of rotatable bonds is 5. The molecule has 0 saturated heterocycles. The second-order valence-corrected chi connectivity index (χ2v) is 5.56. The van der Waals surface area contributed by atoms with Gasteiger partial charge in [-0.25, -0.2) is 0 Å². The maximum Gasteiger partial charge on any atom is 0.262 e. The zero-order valence-corrected chi connectivity index (χ0v) is 13.0. The molecule has 0 fully saturated rings. The van der Waals surface area contributed by atoms with E-state index in [2.05, 4.69) is 26.6 Å². The molecule has 1 aromatic rings. The number of carbonyl (C=O) groups excluding carboxylic acids is 2. The Labute approximate surface area is 130 Å². The zero-order chi connectivity index (χ0) is 14.5. The molecule has 0 radical (unpaired) electrons. The average molecular weight is 362 g/mol. The van der Waals surface area contributed by atoms with Crippen LogP contribution in [-0.4, -0.2) is 23.8 Å². The van der Waals surface area contributed by atoms with Gasteiger partial charge in [-0.2, -0.15) is 0 Å². The van der Waals surface area contributed by atoms with Gasteiger partial charge in [-0.3, -0.25) is 9.59 Å². The molecule has 0 saturated carbocycles. The van der Waals surface area contributed by atoms with Gasteiger partial charge in [0.25, 0.3) is 5.91 Å². The number of unbranched alkanes of at least 4 members (excludes halogenated alkanes) is 1. The number of hydrogen-bond donors (Lipinski definition) is 2. The summed E-state index contributed by atoms with van der Waals surface area (Å²) < 4.78 is 5.28. The van der Waals surface area contributed by atoms with Crippen LogP contribution in [0.3, 0.4) is 0 Å². The number of benzene rings is 1. The number of carbonyl (C=O) groups is 2. The minimum atomic E-state index is -0.222. The Morgan fingerprint density at radius 1 is 1.45 bits per heavy atom. The van der Waals surface area contributed by atoms with Crippen molar-refractivity contribution < 1.29 is 14.3 Å². The third-order valence-corrected chi connectivity index (χ3v) is 3.64. The predicted molar refractivity (Wildman–Crippen MR) is 81.9 cm³/mol. The summed E-state index contributed by atoms with van der Waals surface area (Å²) in [7, 11) is 0. The molecule has 0 aliphatic carbocycles. The summed E-state index contributed by atoms with van der Waals surface area (Å²) in [5, 5.41) is 6.65. The van der Waals surface area contributed by atoms with Gasteiger partial charge in [0.1, 0.15) is 5.75 Å². The monoisotopic (exact) mass is 360 g/mol. The van der Waals surface area contributed by atoms with Crippen LogP contribution in [0.2, 0.25) is 5.02 Å². The van der Waals surface area contributed by atoms with Crippen molar-refractivity contribution >= 4 is 50.7 Å². The van der Waals surface area contributed by atoms with Crippen molar-refractivity contribution in [1.82, 2.24) is 0 Å². The maximum atomic E-state index is 11.8. The van der Waals surface area contributed by atoms with E-state index in [9.17, 15) is 9.59 Å². The van der Waals surface area contributed by atoms with Crippen LogP contribution in [0.5, 0.6) is 5.75 Å². The standard InChI is InChI=1S/C13H14BrClN2O3/c14-4-2-1-3-12(18)16-9-6-11-10(5-8(9)15)17-13(19)7-20-11/h5-6H,1-4,7H2,(H,16,18)(H,17,19). The van der Waals surface area contributed by atoms with Crippen molar-refractivity contribution in [2.75, 3.05) is 22.6 Å². The minimum Gasteiger partial charge on any atom is -0.482 e. The Bertz CT molecular complexity index is 537. The van der Waals surface area contributed by atoms with Crippen LogP contribution in [-0.2, 0) is 9.59 Å². The number of halogens is 2. The van der Waals surface area contributed by atoms with Crippen molar-refractivity contribution in [1.29, 1.82) is 0 Å². The lowest BCUT2D eigenvalue weighted by atomic mass is 10.2. The first-order valence-electron chi connectivity index (χ1n) is 6.22. The fraction of sp³-hybridized carbons (Fsp3) is 0.385. The number of nitrogens with one attached hydrogen (secondary N) is 2. The van der Waals surface area contributed by atoms with Crippen molar-refractivity contribution in [2.45, 2.75) is 19.3 Å². The van der Waals surface area contributed by atoms with Gasteiger partial charge in [0, 0.05) is 17.8 Å². The Kier molecular flexibility index (Phi) is 5.25. The summed E-state index contributed by atoms with van der Waals surface area (Å²) in [4.78, 5) is 23.0. The zero-order valence-electron chi connectivity index (χ0n) is 10.7. The highest BCUT2D eigenvalue weighted by atomic mass is 79.9. The van der Waals surface area contributed by atoms with Gasteiger partial charge in [0.2, 0.25) is 5.91 Å². The highest BCUT2D eigenvalue weighted by Crippen LogP contribution is 2.36. The third kappa shape index (κ3) is 3.86. The van der Waals surface area contributed by atoms with Gasteiger partial charge in [0.05, 0.1) is 16.4 Å². The number of alkyl halides is 1. The lowest BCUT2D eigenvalue weighted by Gasteiger charge is -2.19. The Morgan fingerprint density at radius 3 is 3.00 bits per heavy atom. The van der Waals surface area contributed by atoms with E-state index in [1.54, 1.807) is 12.1 Å². The molecule has 0 aromatic heterocycles. The van der Waals surface area contributed by atoms with Gasteiger partial charge in [-0.15, -0.1) is 0 Å². The van der Waals surface area contributed by atoms with Gasteiger partial charge in [-0.05, 0) is 18.9 Å². The average Bonchev–Trinajstić information content (AvgIpc) is 2.40. The van der Waals surface area contributed by atoms with Gasteiger partial charge < -0.3 is 15.4 Å². The Hall–Kier alpha value is -1.27. The normalized spacial score (nSPS) is 13.2. The van der Waals surface area contributed by atoms with Crippen LogP contribution < -0.4 is 15.4 Å². The van der Waals surface area contributed by atoms with Crippen molar-refractivity contribution in [3.8, 4) is 5.75 Å². The molecular weight excluding hydrogens is 348 g/mol. The van der Waals surface area contributed by atoms with E-state index >= 15 is 0 Å². The van der Waals surface area contributed by atoms with Crippen LogP contribution in [0.15, 0.2) is 12.1 Å². The molecule has 1 heterocycles. The number of anilines is 2. The van der Waals surface area contributed by atoms with Crippen LogP contribution in [0.25, 0.3) is 0 Å². The molecule has 20 heavy (non-hydrogen) atoms. The fourth-order valence-electron chi connectivity index (χ4n) is 1.79. The van der Waals surface area contributed by atoms with E-state index in [0.717, 1.165) is 18.2 Å². The Morgan fingerprint density at radius 2 is 2.25 bits per heavy atom. The van der Waals surface area contributed by atoms with E-state index in [1.807, 2.05) is 0 Å². The van der Waals surface area contributed by atoms with Gasteiger partial charge >= 0.3 is 0 Å². The van der Waals surface area contributed by atoms with E-state index in [0.29, 0.717) is 28.6 Å². The fourth-order valence-corrected chi connectivity index (χ4v) is 2.40. The third-order valence-electron chi connectivity index (χ3n) is 2.76. The summed E-state index contributed by atoms with van der Waals surface area (Å²) in [6.45, 7) is -0.0345. The molecule has 0 unspecified atom stereocenters. The molecule has 0 bridgehead atoms. The molecule has 1 aliphatic rings. The van der Waals surface area contributed by atoms with Crippen molar-refractivity contribution in [2.24, 2.45) is 0 Å². The maximum absolute atomic E-state index is 11.8. The summed E-state index contributed by atoms with van der Waals surface area (Å²) in [6.07, 6.45) is 2.20. The van der Waals surface area contributed by atoms with Gasteiger partial charge in [0.15, 0.2) is 6.61 Å². The molecule has 2 amide bonds. The lowest BCUT2D eigenvalue weighted by Crippen LogP contribution is -2.25. The molecule has 2 rings (SSSR count). The van der Waals surface area contributed by atoms with Crippen LogP contribution in [0.4, 0.5) is 11.4 Å². The Balaban J connectivity index is 2.05. The van der Waals surface area contributed by atoms with Crippen LogP contribution >= 0.6 is 27.5 Å². The van der Waals surface area contributed by atoms with E-state index in [1.165, 1.54) is 0 Å². The summed E-state index contributed by atoms with van der Waals surface area (Å²) in [6, 6.07) is 3.20. The summed E-state index contributed by atoms with van der Waals surface area (Å²) in [5.74, 6) is 0.192. The topological polar surface area (TPSA) is 67.4 Å². The predicted octanol–water partition coefficient (Wildman–Crippen LogP) is 3.17. The first-order valence-corrected chi connectivity index (χ1v) is 7.72. The number of hydrogen-bond acceptors (Lipinski definition) is 3. The lowest BCUT2D eigenvalue weighted by molar-refractivity contribution is -0.118.